The van der Waals surface area contributed by atoms with Gasteiger partial charge in [0.15, 0.2) is 11.5 Å². The van der Waals surface area contributed by atoms with E-state index in [1.54, 1.807) is 4.90 Å². The first-order chi connectivity index (χ1) is 12.4. The van der Waals surface area contributed by atoms with Crippen LogP contribution in [0.25, 0.3) is 0 Å². The number of likely N-dealkylation sites (tertiary alicyclic amines) is 1. The van der Waals surface area contributed by atoms with Crippen molar-refractivity contribution in [2.24, 2.45) is 17.8 Å². The third-order valence-corrected chi connectivity index (χ3v) is 6.00. The summed E-state index contributed by atoms with van der Waals surface area (Å²) in [5.41, 5.74) is 0.102. The Morgan fingerprint density at radius 1 is 1.12 bits per heavy atom. The van der Waals surface area contributed by atoms with Crippen molar-refractivity contribution >= 4 is 11.9 Å². The number of carboxylic acids is 1. The van der Waals surface area contributed by atoms with E-state index in [9.17, 15) is 14.7 Å². The molecule has 2 fully saturated rings. The second-order valence-electron chi connectivity index (χ2n) is 8.14. The molecule has 1 aromatic carbocycles. The molecule has 1 saturated heterocycles. The predicted octanol–water partition coefficient (Wildman–Crippen LogP) is 2.30. The summed E-state index contributed by atoms with van der Waals surface area (Å²) in [6, 6.07) is 5.61. The number of hydrogen-bond donors (Lipinski definition) is 1. The van der Waals surface area contributed by atoms with Gasteiger partial charge < -0.3 is 19.5 Å². The van der Waals surface area contributed by atoms with Crippen LogP contribution in [0.15, 0.2) is 18.2 Å². The minimum absolute atomic E-state index is 0.0245. The van der Waals surface area contributed by atoms with Crippen molar-refractivity contribution < 1.29 is 24.2 Å². The highest BCUT2D eigenvalue weighted by Gasteiger charge is 2.49. The Morgan fingerprint density at radius 3 is 2.46 bits per heavy atom. The molecule has 1 amide bonds. The van der Waals surface area contributed by atoms with Gasteiger partial charge in [0.05, 0.1) is 11.3 Å². The molecule has 2 aliphatic heterocycles. The van der Waals surface area contributed by atoms with Crippen LogP contribution in [0.3, 0.4) is 0 Å². The van der Waals surface area contributed by atoms with Crippen LogP contribution in [-0.4, -0.2) is 48.2 Å². The second-order valence-corrected chi connectivity index (χ2v) is 8.14. The fourth-order valence-electron chi connectivity index (χ4n) is 4.21. The fourth-order valence-corrected chi connectivity index (χ4v) is 4.21. The first kappa shape index (κ1) is 17.2. The zero-order valence-electron chi connectivity index (χ0n) is 15.2. The summed E-state index contributed by atoms with van der Waals surface area (Å²) in [5.74, 6) is 0.665. The molecule has 26 heavy (non-hydrogen) atoms. The van der Waals surface area contributed by atoms with Crippen LogP contribution in [0.1, 0.15) is 32.3 Å². The first-order valence-corrected chi connectivity index (χ1v) is 9.30. The molecule has 4 rings (SSSR count). The molecule has 0 bridgehead atoms. The quantitative estimate of drug-likeness (QED) is 0.893. The highest BCUT2D eigenvalue weighted by atomic mass is 16.6. The van der Waals surface area contributed by atoms with Gasteiger partial charge >= 0.3 is 5.97 Å². The highest BCUT2D eigenvalue weighted by molar-refractivity contribution is 5.88. The van der Waals surface area contributed by atoms with Gasteiger partial charge in [-0.15, -0.1) is 0 Å². The van der Waals surface area contributed by atoms with Crippen LogP contribution in [0.2, 0.25) is 0 Å². The predicted molar refractivity (Wildman–Crippen MR) is 94.4 cm³/mol. The van der Waals surface area contributed by atoms with Gasteiger partial charge in [-0.3, -0.25) is 9.59 Å². The number of carbonyl (C=O) groups is 2. The molecule has 0 unspecified atom stereocenters. The van der Waals surface area contributed by atoms with Gasteiger partial charge in [0.2, 0.25) is 5.91 Å². The Morgan fingerprint density at radius 2 is 1.81 bits per heavy atom. The topological polar surface area (TPSA) is 76.1 Å². The van der Waals surface area contributed by atoms with Crippen LogP contribution in [0, 0.1) is 17.8 Å². The van der Waals surface area contributed by atoms with Crippen LogP contribution in [-0.2, 0) is 15.0 Å². The monoisotopic (exact) mass is 359 g/mol. The van der Waals surface area contributed by atoms with Crippen molar-refractivity contribution in [2.45, 2.75) is 32.1 Å². The number of benzene rings is 1. The molecule has 0 radical (unpaired) electrons. The van der Waals surface area contributed by atoms with E-state index in [1.165, 1.54) is 0 Å². The van der Waals surface area contributed by atoms with Gasteiger partial charge in [-0.2, -0.15) is 0 Å². The molecule has 0 aromatic heterocycles. The van der Waals surface area contributed by atoms with Crippen molar-refractivity contribution in [3.05, 3.63) is 23.8 Å². The van der Waals surface area contributed by atoms with Gasteiger partial charge in [-0.1, -0.05) is 6.07 Å². The molecule has 1 aromatic rings. The summed E-state index contributed by atoms with van der Waals surface area (Å²) in [5, 5.41) is 9.54. The summed E-state index contributed by atoms with van der Waals surface area (Å²) in [6.07, 6.45) is 2.17. The molecule has 6 heteroatoms. The van der Waals surface area contributed by atoms with E-state index in [0.29, 0.717) is 43.7 Å². The van der Waals surface area contributed by atoms with E-state index >= 15 is 0 Å². The third kappa shape index (κ3) is 2.91. The average Bonchev–Trinajstić information content (AvgIpc) is 3.38. The van der Waals surface area contributed by atoms with Crippen LogP contribution < -0.4 is 9.47 Å². The normalized spacial score (nSPS) is 25.2. The van der Waals surface area contributed by atoms with Crippen molar-refractivity contribution in [1.82, 2.24) is 4.90 Å². The largest absolute Gasteiger partial charge is 0.486 e. The Hall–Kier alpha value is -2.24. The maximum Gasteiger partial charge on any atom is 0.308 e. The first-order valence-electron chi connectivity index (χ1n) is 9.30. The van der Waals surface area contributed by atoms with Crippen LogP contribution in [0.4, 0.5) is 0 Å². The fraction of sp³-hybridized carbons (Fsp3) is 0.600. The summed E-state index contributed by atoms with van der Waals surface area (Å²) in [4.78, 5) is 26.6. The van der Waals surface area contributed by atoms with Gasteiger partial charge in [0, 0.05) is 13.1 Å². The lowest BCUT2D eigenvalue weighted by atomic mass is 9.83. The molecule has 1 N–H and O–H groups in total. The number of hydrogen-bond acceptors (Lipinski definition) is 4. The number of carboxylic acid groups (broad SMARTS) is 1. The van der Waals surface area contributed by atoms with Crippen molar-refractivity contribution in [2.75, 3.05) is 26.3 Å². The molecule has 0 spiro atoms. The smallest absolute Gasteiger partial charge is 0.308 e. The Bertz CT molecular complexity index is 740. The SMILES string of the molecule is CC(C)(C(=O)N1C[C@H](C(=O)O)[C@@H](C2CC2)C1)c1ccc2c(c1)OCCO2. The molecular formula is C20H25NO5. The van der Waals surface area contributed by atoms with Gasteiger partial charge in [0.1, 0.15) is 13.2 Å². The lowest BCUT2D eigenvalue weighted by Gasteiger charge is -2.31. The molecule has 6 nitrogen and oxygen atoms in total. The van der Waals surface area contributed by atoms with Crippen LogP contribution in [0.5, 0.6) is 11.5 Å². The number of ether oxygens (including phenoxy) is 2. The van der Waals surface area contributed by atoms with Gasteiger partial charge in [0.25, 0.3) is 0 Å². The number of carbonyl (C=O) groups excluding carboxylic acids is 1. The van der Waals surface area contributed by atoms with E-state index in [4.69, 9.17) is 9.47 Å². The molecule has 2 atom stereocenters. The van der Waals surface area contributed by atoms with Gasteiger partial charge in [-0.05, 0) is 56.2 Å². The van der Waals surface area contributed by atoms with E-state index < -0.39 is 17.3 Å². The third-order valence-electron chi connectivity index (χ3n) is 6.00. The Balaban J connectivity index is 1.56. The van der Waals surface area contributed by atoms with E-state index in [0.717, 1.165) is 18.4 Å². The zero-order valence-corrected chi connectivity index (χ0v) is 15.2. The molecular weight excluding hydrogens is 334 g/mol. The lowest BCUT2D eigenvalue weighted by Crippen LogP contribution is -2.42. The average molecular weight is 359 g/mol. The number of aliphatic carboxylic acids is 1. The Kier molecular flexibility index (Phi) is 4.09. The second kappa shape index (κ2) is 6.18. The molecule has 140 valence electrons. The van der Waals surface area contributed by atoms with Crippen molar-refractivity contribution in [3.63, 3.8) is 0 Å². The number of nitrogens with zero attached hydrogens (tertiary/aromatic N) is 1. The molecule has 3 aliphatic rings. The lowest BCUT2D eigenvalue weighted by molar-refractivity contribution is -0.143. The minimum Gasteiger partial charge on any atom is -0.486 e. The maximum absolute atomic E-state index is 13.3. The van der Waals surface area contributed by atoms with Crippen LogP contribution >= 0.6 is 0 Å². The minimum atomic E-state index is -0.783. The molecule has 1 aliphatic carbocycles. The number of amides is 1. The summed E-state index contributed by atoms with van der Waals surface area (Å²) in [7, 11) is 0. The van der Waals surface area contributed by atoms with Gasteiger partial charge in [-0.25, -0.2) is 0 Å². The summed E-state index contributed by atoms with van der Waals surface area (Å²) in [6.45, 7) is 5.67. The number of rotatable bonds is 4. The van der Waals surface area contributed by atoms with Crippen molar-refractivity contribution in [3.8, 4) is 11.5 Å². The number of fused-ring (bicyclic) bond motifs is 1. The summed E-state index contributed by atoms with van der Waals surface area (Å²) < 4.78 is 11.2. The maximum atomic E-state index is 13.3. The standard InChI is InChI=1S/C20H25NO5/c1-20(2,13-5-6-16-17(9-13)26-8-7-25-16)19(24)21-10-14(12-3-4-12)15(11-21)18(22)23/h5-6,9,12,14-15H,3-4,7-8,10-11H2,1-2H3,(H,22,23)/t14-,15+/m1/s1. The van der Waals surface area contributed by atoms with Crippen molar-refractivity contribution in [1.29, 1.82) is 0 Å². The Labute approximate surface area is 153 Å². The van der Waals surface area contributed by atoms with E-state index in [2.05, 4.69) is 0 Å². The summed E-state index contributed by atoms with van der Waals surface area (Å²) >= 11 is 0. The van der Waals surface area contributed by atoms with E-state index in [1.807, 2.05) is 32.0 Å². The van der Waals surface area contributed by atoms with E-state index in [-0.39, 0.29) is 11.8 Å². The molecule has 1 saturated carbocycles. The molecule has 2 heterocycles. The zero-order chi connectivity index (χ0) is 18.5. The highest BCUT2D eigenvalue weighted by Crippen LogP contribution is 2.45.